The highest BCUT2D eigenvalue weighted by Gasteiger charge is 2.30. The third-order valence-electron chi connectivity index (χ3n) is 6.60. The number of anilines is 1. The molecule has 6 nitrogen and oxygen atoms in total. The molecule has 3 aromatic carbocycles. The SMILES string of the molecule is Cc1cccc(N2CCN(C(=O)CN(Cc3ccc(Cl)cc3Cl)S(=O)(=O)c3ccccc3)CC2)c1C. The molecule has 0 N–H and O–H groups in total. The second-order valence-corrected chi connectivity index (χ2v) is 11.7. The van der Waals surface area contributed by atoms with Crippen molar-refractivity contribution in [3.05, 3.63) is 93.5 Å². The molecular formula is C27H29Cl2N3O3S. The molecule has 0 aliphatic carbocycles. The van der Waals surface area contributed by atoms with Crippen LogP contribution in [0.5, 0.6) is 0 Å². The molecule has 1 aliphatic heterocycles. The van der Waals surface area contributed by atoms with Gasteiger partial charge in [0.15, 0.2) is 0 Å². The highest BCUT2D eigenvalue weighted by molar-refractivity contribution is 7.89. The van der Waals surface area contributed by atoms with Crippen LogP contribution in [0.4, 0.5) is 5.69 Å². The summed E-state index contributed by atoms with van der Waals surface area (Å²) in [6.45, 7) is 6.29. The molecule has 3 aromatic rings. The highest BCUT2D eigenvalue weighted by atomic mass is 35.5. The van der Waals surface area contributed by atoms with Crippen LogP contribution in [-0.2, 0) is 21.4 Å². The van der Waals surface area contributed by atoms with E-state index in [2.05, 4.69) is 30.9 Å². The largest absolute Gasteiger partial charge is 0.368 e. The Bertz CT molecular complexity index is 1340. The quantitative estimate of drug-likeness (QED) is 0.412. The average molecular weight is 547 g/mol. The van der Waals surface area contributed by atoms with E-state index < -0.39 is 10.0 Å². The first-order valence-corrected chi connectivity index (χ1v) is 13.9. The van der Waals surface area contributed by atoms with Crippen molar-refractivity contribution in [3.63, 3.8) is 0 Å². The molecule has 0 spiro atoms. The number of aryl methyl sites for hydroxylation is 1. The number of sulfonamides is 1. The van der Waals surface area contributed by atoms with Gasteiger partial charge in [-0.1, -0.05) is 59.6 Å². The van der Waals surface area contributed by atoms with E-state index in [4.69, 9.17) is 23.2 Å². The zero-order valence-electron chi connectivity index (χ0n) is 20.3. The molecule has 1 amide bonds. The van der Waals surface area contributed by atoms with Gasteiger partial charge in [0.2, 0.25) is 15.9 Å². The molecule has 0 aromatic heterocycles. The van der Waals surface area contributed by atoms with Crippen molar-refractivity contribution >= 4 is 44.8 Å². The summed E-state index contributed by atoms with van der Waals surface area (Å²) in [7, 11) is -3.94. The molecule has 0 bridgehead atoms. The smallest absolute Gasteiger partial charge is 0.243 e. The summed E-state index contributed by atoms with van der Waals surface area (Å²) >= 11 is 12.4. The molecule has 1 saturated heterocycles. The Balaban J connectivity index is 1.52. The first-order chi connectivity index (χ1) is 17.2. The average Bonchev–Trinajstić information content (AvgIpc) is 2.87. The van der Waals surface area contributed by atoms with Gasteiger partial charge in [-0.3, -0.25) is 4.79 Å². The monoisotopic (exact) mass is 545 g/mol. The van der Waals surface area contributed by atoms with E-state index in [1.807, 2.05) is 6.07 Å². The van der Waals surface area contributed by atoms with Crippen LogP contribution in [0.3, 0.4) is 0 Å². The van der Waals surface area contributed by atoms with Gasteiger partial charge in [-0.05, 0) is 60.9 Å². The van der Waals surface area contributed by atoms with Gasteiger partial charge in [0, 0.05) is 48.5 Å². The molecule has 0 saturated carbocycles. The molecule has 190 valence electrons. The number of carbonyl (C=O) groups is 1. The Morgan fingerprint density at radius 2 is 1.61 bits per heavy atom. The van der Waals surface area contributed by atoms with Crippen LogP contribution in [0, 0.1) is 13.8 Å². The molecule has 1 aliphatic rings. The van der Waals surface area contributed by atoms with Gasteiger partial charge in [0.25, 0.3) is 0 Å². The Morgan fingerprint density at radius 1 is 0.917 bits per heavy atom. The third kappa shape index (κ3) is 5.86. The second kappa shape index (κ2) is 11.2. The summed E-state index contributed by atoms with van der Waals surface area (Å²) in [6, 6.07) is 19.3. The Morgan fingerprint density at radius 3 is 2.28 bits per heavy atom. The van der Waals surface area contributed by atoms with Crippen molar-refractivity contribution in [2.45, 2.75) is 25.3 Å². The maximum Gasteiger partial charge on any atom is 0.243 e. The van der Waals surface area contributed by atoms with Gasteiger partial charge < -0.3 is 9.80 Å². The fraction of sp³-hybridized carbons (Fsp3) is 0.296. The number of piperazine rings is 1. The molecule has 1 heterocycles. The molecular weight excluding hydrogens is 517 g/mol. The lowest BCUT2D eigenvalue weighted by atomic mass is 10.1. The van der Waals surface area contributed by atoms with E-state index in [1.54, 1.807) is 41.3 Å². The van der Waals surface area contributed by atoms with Crippen molar-refractivity contribution in [2.24, 2.45) is 0 Å². The van der Waals surface area contributed by atoms with E-state index in [0.29, 0.717) is 41.8 Å². The summed E-state index contributed by atoms with van der Waals surface area (Å²) in [6.07, 6.45) is 0. The normalized spacial score (nSPS) is 14.4. The lowest BCUT2D eigenvalue weighted by Crippen LogP contribution is -2.52. The summed E-state index contributed by atoms with van der Waals surface area (Å²) in [5.41, 5.74) is 4.21. The molecule has 1 fully saturated rings. The molecule has 0 atom stereocenters. The topological polar surface area (TPSA) is 60.9 Å². The third-order valence-corrected chi connectivity index (χ3v) is 9.00. The van der Waals surface area contributed by atoms with Crippen LogP contribution in [0.25, 0.3) is 0 Å². The number of carbonyl (C=O) groups excluding carboxylic acids is 1. The second-order valence-electron chi connectivity index (χ2n) is 8.91. The van der Waals surface area contributed by atoms with Crippen molar-refractivity contribution in [2.75, 3.05) is 37.6 Å². The van der Waals surface area contributed by atoms with E-state index in [1.165, 1.54) is 33.3 Å². The molecule has 9 heteroatoms. The minimum Gasteiger partial charge on any atom is -0.368 e. The van der Waals surface area contributed by atoms with Crippen LogP contribution in [0.1, 0.15) is 16.7 Å². The number of amides is 1. The van der Waals surface area contributed by atoms with Gasteiger partial charge in [0.1, 0.15) is 0 Å². The maximum atomic E-state index is 13.5. The van der Waals surface area contributed by atoms with Gasteiger partial charge in [-0.25, -0.2) is 8.42 Å². The number of hydrogen-bond donors (Lipinski definition) is 0. The zero-order valence-corrected chi connectivity index (χ0v) is 22.7. The van der Waals surface area contributed by atoms with E-state index in [-0.39, 0.29) is 23.9 Å². The fourth-order valence-corrected chi connectivity index (χ4v) is 6.19. The van der Waals surface area contributed by atoms with Crippen LogP contribution in [0.15, 0.2) is 71.6 Å². The molecule has 4 rings (SSSR count). The van der Waals surface area contributed by atoms with Gasteiger partial charge in [-0.15, -0.1) is 0 Å². The Labute approximate surface area is 223 Å². The molecule has 36 heavy (non-hydrogen) atoms. The molecule has 0 unspecified atom stereocenters. The van der Waals surface area contributed by atoms with Crippen LogP contribution in [-0.4, -0.2) is 56.3 Å². The number of halogens is 2. The molecule has 0 radical (unpaired) electrons. The Kier molecular flexibility index (Phi) is 8.25. The number of benzene rings is 3. The van der Waals surface area contributed by atoms with Crippen LogP contribution in [0.2, 0.25) is 10.0 Å². The summed E-state index contributed by atoms with van der Waals surface area (Å²) in [5, 5.41) is 0.810. The minimum absolute atomic E-state index is 0.0403. The summed E-state index contributed by atoms with van der Waals surface area (Å²) < 4.78 is 28.2. The Hall–Kier alpha value is -2.58. The lowest BCUT2D eigenvalue weighted by molar-refractivity contribution is -0.131. The van der Waals surface area contributed by atoms with Crippen molar-refractivity contribution in [1.82, 2.24) is 9.21 Å². The van der Waals surface area contributed by atoms with Gasteiger partial charge in [0.05, 0.1) is 11.4 Å². The lowest BCUT2D eigenvalue weighted by Gasteiger charge is -2.37. The first-order valence-electron chi connectivity index (χ1n) is 11.7. The number of rotatable bonds is 7. The van der Waals surface area contributed by atoms with E-state index in [9.17, 15) is 13.2 Å². The minimum atomic E-state index is -3.94. The van der Waals surface area contributed by atoms with Gasteiger partial charge in [-0.2, -0.15) is 4.31 Å². The first kappa shape index (κ1) is 26.5. The summed E-state index contributed by atoms with van der Waals surface area (Å²) in [4.78, 5) is 17.5. The fourth-order valence-electron chi connectivity index (χ4n) is 4.33. The number of nitrogens with zero attached hydrogens (tertiary/aromatic N) is 3. The standard InChI is InChI=1S/C27H29Cl2N3O3S/c1-20-7-6-10-26(21(20)2)30-13-15-31(16-14-30)27(33)19-32(18-22-11-12-23(28)17-25(22)29)36(34,35)24-8-4-3-5-9-24/h3-12,17H,13-16,18-19H2,1-2H3. The van der Waals surface area contributed by atoms with Crippen molar-refractivity contribution < 1.29 is 13.2 Å². The zero-order chi connectivity index (χ0) is 25.9. The predicted molar refractivity (Wildman–Crippen MR) is 145 cm³/mol. The van der Waals surface area contributed by atoms with Crippen LogP contribution < -0.4 is 4.90 Å². The predicted octanol–water partition coefficient (Wildman–Crippen LogP) is 5.15. The van der Waals surface area contributed by atoms with E-state index in [0.717, 1.165) is 0 Å². The van der Waals surface area contributed by atoms with E-state index >= 15 is 0 Å². The van der Waals surface area contributed by atoms with Crippen molar-refractivity contribution in [3.8, 4) is 0 Å². The highest BCUT2D eigenvalue weighted by Crippen LogP contribution is 2.26. The van der Waals surface area contributed by atoms with Crippen LogP contribution >= 0.6 is 23.2 Å². The van der Waals surface area contributed by atoms with Gasteiger partial charge >= 0.3 is 0 Å². The van der Waals surface area contributed by atoms with Crippen molar-refractivity contribution in [1.29, 1.82) is 0 Å². The number of hydrogen-bond acceptors (Lipinski definition) is 4. The maximum absolute atomic E-state index is 13.5. The summed E-state index contributed by atoms with van der Waals surface area (Å²) in [5.74, 6) is -0.236.